The third kappa shape index (κ3) is 3.11. The van der Waals surface area contributed by atoms with E-state index in [0.717, 1.165) is 21.2 Å². The first-order chi connectivity index (χ1) is 8.18. The molecule has 2 aromatic carbocycles. The molecular weight excluding hydrogens is 342 g/mol. The molecule has 0 heterocycles. The van der Waals surface area contributed by atoms with E-state index in [1.807, 2.05) is 18.2 Å². The van der Waals surface area contributed by atoms with Crippen molar-refractivity contribution in [2.75, 3.05) is 5.32 Å². The zero-order chi connectivity index (χ0) is 12.3. The van der Waals surface area contributed by atoms with Crippen molar-refractivity contribution in [1.82, 2.24) is 0 Å². The van der Waals surface area contributed by atoms with Crippen LogP contribution in [0.25, 0.3) is 0 Å². The Kier molecular flexibility index (Phi) is 4.24. The van der Waals surface area contributed by atoms with Crippen molar-refractivity contribution in [2.45, 2.75) is 13.5 Å². The zero-order valence-electron chi connectivity index (χ0n) is 9.50. The van der Waals surface area contributed by atoms with Crippen LogP contribution in [0, 0.1) is 6.92 Å². The monoisotopic (exact) mass is 353 g/mol. The SMILES string of the molecule is Cc1ccccc1CNc1c(Br)cccc1Br. The summed E-state index contributed by atoms with van der Waals surface area (Å²) in [6.45, 7) is 2.96. The molecule has 0 amide bonds. The van der Waals surface area contributed by atoms with Gasteiger partial charge in [0.2, 0.25) is 0 Å². The molecule has 0 aromatic heterocycles. The van der Waals surface area contributed by atoms with Crippen LogP contribution in [0.4, 0.5) is 5.69 Å². The van der Waals surface area contributed by atoms with Crippen LogP contribution < -0.4 is 5.32 Å². The van der Waals surface area contributed by atoms with Crippen LogP contribution in [0.1, 0.15) is 11.1 Å². The van der Waals surface area contributed by atoms with E-state index in [4.69, 9.17) is 0 Å². The van der Waals surface area contributed by atoms with Gasteiger partial charge < -0.3 is 5.32 Å². The van der Waals surface area contributed by atoms with Crippen molar-refractivity contribution in [3.8, 4) is 0 Å². The zero-order valence-corrected chi connectivity index (χ0v) is 12.7. The van der Waals surface area contributed by atoms with E-state index in [1.54, 1.807) is 0 Å². The molecule has 0 fully saturated rings. The number of aryl methyl sites for hydroxylation is 1. The molecule has 0 aliphatic carbocycles. The third-order valence-electron chi connectivity index (χ3n) is 2.68. The lowest BCUT2D eigenvalue weighted by atomic mass is 10.1. The topological polar surface area (TPSA) is 12.0 Å². The van der Waals surface area contributed by atoms with Gasteiger partial charge in [0.25, 0.3) is 0 Å². The Balaban J connectivity index is 2.16. The van der Waals surface area contributed by atoms with Gasteiger partial charge in [-0.15, -0.1) is 0 Å². The van der Waals surface area contributed by atoms with Gasteiger partial charge in [-0.05, 0) is 62.0 Å². The van der Waals surface area contributed by atoms with Crippen molar-refractivity contribution >= 4 is 37.5 Å². The minimum atomic E-state index is 0.827. The second kappa shape index (κ2) is 5.69. The van der Waals surface area contributed by atoms with Gasteiger partial charge >= 0.3 is 0 Å². The molecule has 3 heteroatoms. The number of hydrogen-bond donors (Lipinski definition) is 1. The molecule has 0 atom stereocenters. The average Bonchev–Trinajstić information content (AvgIpc) is 2.30. The van der Waals surface area contributed by atoms with Crippen molar-refractivity contribution < 1.29 is 0 Å². The maximum atomic E-state index is 3.55. The van der Waals surface area contributed by atoms with Gasteiger partial charge in [0.05, 0.1) is 5.69 Å². The first-order valence-electron chi connectivity index (χ1n) is 5.41. The quantitative estimate of drug-likeness (QED) is 0.805. The molecule has 1 N–H and O–H groups in total. The molecule has 0 radical (unpaired) electrons. The highest BCUT2D eigenvalue weighted by atomic mass is 79.9. The Labute approximate surface area is 119 Å². The summed E-state index contributed by atoms with van der Waals surface area (Å²) < 4.78 is 2.14. The maximum absolute atomic E-state index is 3.55. The fraction of sp³-hybridized carbons (Fsp3) is 0.143. The highest BCUT2D eigenvalue weighted by molar-refractivity contribution is 9.11. The predicted octanol–water partition coefficient (Wildman–Crippen LogP) is 5.13. The second-order valence-corrected chi connectivity index (χ2v) is 5.59. The van der Waals surface area contributed by atoms with Gasteiger partial charge in [-0.2, -0.15) is 0 Å². The van der Waals surface area contributed by atoms with Crippen LogP contribution in [0.15, 0.2) is 51.4 Å². The number of hydrogen-bond acceptors (Lipinski definition) is 1. The Hall–Kier alpha value is -0.800. The highest BCUT2D eigenvalue weighted by Crippen LogP contribution is 2.30. The minimum Gasteiger partial charge on any atom is -0.379 e. The van der Waals surface area contributed by atoms with E-state index in [2.05, 4.69) is 68.4 Å². The fourth-order valence-corrected chi connectivity index (χ4v) is 2.94. The number of nitrogens with one attached hydrogen (secondary N) is 1. The van der Waals surface area contributed by atoms with Crippen LogP contribution in [0.5, 0.6) is 0 Å². The summed E-state index contributed by atoms with van der Waals surface area (Å²) in [6.07, 6.45) is 0. The molecule has 2 aromatic rings. The first kappa shape index (κ1) is 12.7. The number of benzene rings is 2. The smallest absolute Gasteiger partial charge is 0.0631 e. The van der Waals surface area contributed by atoms with Crippen molar-refractivity contribution in [2.24, 2.45) is 0 Å². The first-order valence-corrected chi connectivity index (χ1v) is 6.99. The van der Waals surface area contributed by atoms with Gasteiger partial charge in [-0.1, -0.05) is 30.3 Å². The fourth-order valence-electron chi connectivity index (χ4n) is 1.66. The molecule has 88 valence electrons. The second-order valence-electron chi connectivity index (χ2n) is 3.88. The minimum absolute atomic E-state index is 0.827. The van der Waals surface area contributed by atoms with Gasteiger partial charge in [0.15, 0.2) is 0 Å². The molecule has 1 nitrogen and oxygen atoms in total. The van der Waals surface area contributed by atoms with Gasteiger partial charge in [0, 0.05) is 15.5 Å². The van der Waals surface area contributed by atoms with E-state index < -0.39 is 0 Å². The summed E-state index contributed by atoms with van der Waals surface area (Å²) in [7, 11) is 0. The van der Waals surface area contributed by atoms with Crippen LogP contribution in [0.2, 0.25) is 0 Å². The van der Waals surface area contributed by atoms with E-state index in [0.29, 0.717) is 0 Å². The Bertz CT molecular complexity index is 503. The highest BCUT2D eigenvalue weighted by Gasteiger charge is 2.04. The number of anilines is 1. The van der Waals surface area contributed by atoms with Gasteiger partial charge in [-0.25, -0.2) is 0 Å². The molecule has 0 bridgehead atoms. The molecule has 0 aliphatic rings. The lowest BCUT2D eigenvalue weighted by molar-refractivity contribution is 1.11. The molecule has 2 rings (SSSR count). The van der Waals surface area contributed by atoms with Gasteiger partial charge in [-0.3, -0.25) is 0 Å². The maximum Gasteiger partial charge on any atom is 0.0631 e. The molecule has 0 spiro atoms. The molecular formula is C14H13Br2N. The average molecular weight is 355 g/mol. The van der Waals surface area contributed by atoms with E-state index >= 15 is 0 Å². The predicted molar refractivity (Wildman–Crippen MR) is 80.3 cm³/mol. The summed E-state index contributed by atoms with van der Waals surface area (Å²) in [4.78, 5) is 0. The number of para-hydroxylation sites is 1. The summed E-state index contributed by atoms with van der Waals surface area (Å²) in [5.41, 5.74) is 3.72. The standard InChI is InChI=1S/C14H13Br2N/c1-10-5-2-3-6-11(10)9-17-14-12(15)7-4-8-13(14)16/h2-8,17H,9H2,1H3. The van der Waals surface area contributed by atoms with Crippen molar-refractivity contribution in [3.63, 3.8) is 0 Å². The van der Waals surface area contributed by atoms with Crippen molar-refractivity contribution in [1.29, 1.82) is 0 Å². The normalized spacial score (nSPS) is 10.3. The Morgan fingerprint density at radius 1 is 0.941 bits per heavy atom. The summed E-state index contributed by atoms with van der Waals surface area (Å²) in [5.74, 6) is 0. The Morgan fingerprint density at radius 2 is 1.59 bits per heavy atom. The Morgan fingerprint density at radius 3 is 2.24 bits per heavy atom. The van der Waals surface area contributed by atoms with Crippen LogP contribution in [0.3, 0.4) is 0 Å². The molecule has 0 unspecified atom stereocenters. The third-order valence-corrected chi connectivity index (χ3v) is 4.00. The molecule has 0 saturated carbocycles. The van der Waals surface area contributed by atoms with E-state index in [1.165, 1.54) is 11.1 Å². The van der Waals surface area contributed by atoms with Gasteiger partial charge in [0.1, 0.15) is 0 Å². The summed E-state index contributed by atoms with van der Waals surface area (Å²) in [6, 6.07) is 14.5. The molecule has 0 saturated heterocycles. The summed E-state index contributed by atoms with van der Waals surface area (Å²) in [5, 5.41) is 3.44. The summed E-state index contributed by atoms with van der Waals surface area (Å²) >= 11 is 7.09. The molecule has 0 aliphatic heterocycles. The lowest BCUT2D eigenvalue weighted by Crippen LogP contribution is -2.02. The van der Waals surface area contributed by atoms with E-state index in [-0.39, 0.29) is 0 Å². The lowest BCUT2D eigenvalue weighted by Gasteiger charge is -2.12. The van der Waals surface area contributed by atoms with Crippen LogP contribution >= 0.6 is 31.9 Å². The van der Waals surface area contributed by atoms with Crippen LogP contribution in [-0.4, -0.2) is 0 Å². The van der Waals surface area contributed by atoms with Crippen molar-refractivity contribution in [3.05, 3.63) is 62.5 Å². The van der Waals surface area contributed by atoms with Crippen LogP contribution in [-0.2, 0) is 6.54 Å². The molecule has 17 heavy (non-hydrogen) atoms. The van der Waals surface area contributed by atoms with E-state index in [9.17, 15) is 0 Å². The number of halogens is 2. The number of rotatable bonds is 3. The largest absolute Gasteiger partial charge is 0.379 e.